The van der Waals surface area contributed by atoms with Crippen molar-refractivity contribution in [3.05, 3.63) is 0 Å². The van der Waals surface area contributed by atoms with E-state index in [0.29, 0.717) is 13.0 Å². The van der Waals surface area contributed by atoms with Crippen LogP contribution < -0.4 is 0 Å². The van der Waals surface area contributed by atoms with E-state index in [-0.39, 0.29) is 0 Å². The predicted octanol–water partition coefficient (Wildman–Crippen LogP) is 0.618. The van der Waals surface area contributed by atoms with Crippen molar-refractivity contribution in [3.8, 4) is 0 Å². The summed E-state index contributed by atoms with van der Waals surface area (Å²) in [4.78, 5) is 21.4. The molecular formula is C9H14O5. The van der Waals surface area contributed by atoms with Gasteiger partial charge in [0, 0.05) is 13.8 Å². The first kappa shape index (κ1) is 11.0. The third kappa shape index (κ3) is 3.33. The van der Waals surface area contributed by atoms with E-state index in [1.807, 2.05) is 0 Å². The summed E-state index contributed by atoms with van der Waals surface area (Å²) in [5.41, 5.74) is 0. The van der Waals surface area contributed by atoms with E-state index in [1.165, 1.54) is 13.8 Å². The van der Waals surface area contributed by atoms with Crippen molar-refractivity contribution in [1.82, 2.24) is 0 Å². The fraction of sp³-hybridized carbons (Fsp3) is 0.778. The van der Waals surface area contributed by atoms with Gasteiger partial charge in [-0.1, -0.05) is 0 Å². The monoisotopic (exact) mass is 202 g/mol. The highest BCUT2D eigenvalue weighted by atomic mass is 16.7. The first-order chi connectivity index (χ1) is 6.59. The summed E-state index contributed by atoms with van der Waals surface area (Å²) in [5.74, 6) is -0.827. The summed E-state index contributed by atoms with van der Waals surface area (Å²) in [7, 11) is 0. The molecule has 1 fully saturated rings. The minimum absolute atomic E-state index is 0.391. The quantitative estimate of drug-likeness (QED) is 0.614. The Morgan fingerprint density at radius 2 is 1.86 bits per heavy atom. The number of carbonyl (C=O) groups excluding carboxylic acids is 2. The molecule has 0 bridgehead atoms. The van der Waals surface area contributed by atoms with Crippen LogP contribution in [0.4, 0.5) is 0 Å². The molecule has 0 amide bonds. The normalized spacial score (nSPS) is 26.7. The molecule has 0 N–H and O–H groups in total. The van der Waals surface area contributed by atoms with E-state index in [4.69, 9.17) is 14.2 Å². The molecule has 80 valence electrons. The average molecular weight is 202 g/mol. The van der Waals surface area contributed by atoms with Crippen LogP contribution in [0.25, 0.3) is 0 Å². The number of carbonyl (C=O) groups is 2. The van der Waals surface area contributed by atoms with Gasteiger partial charge in [0.15, 0.2) is 6.10 Å². The van der Waals surface area contributed by atoms with Gasteiger partial charge in [0.25, 0.3) is 0 Å². The number of hydrogen-bond donors (Lipinski definition) is 0. The lowest BCUT2D eigenvalue weighted by atomic mass is 10.1. The maximum absolute atomic E-state index is 10.7. The summed E-state index contributed by atoms with van der Waals surface area (Å²) in [5, 5.41) is 0. The van der Waals surface area contributed by atoms with Gasteiger partial charge in [-0.15, -0.1) is 0 Å². The molecule has 5 heteroatoms. The first-order valence-electron chi connectivity index (χ1n) is 4.55. The molecule has 1 aliphatic heterocycles. The molecule has 0 saturated carbocycles. The molecule has 0 aromatic carbocycles. The fourth-order valence-electron chi connectivity index (χ4n) is 1.33. The molecule has 0 aliphatic carbocycles. The lowest BCUT2D eigenvalue weighted by Crippen LogP contribution is -2.40. The van der Waals surface area contributed by atoms with Gasteiger partial charge < -0.3 is 14.2 Å². The van der Waals surface area contributed by atoms with Crippen LogP contribution in [0, 0.1) is 0 Å². The largest absolute Gasteiger partial charge is 0.456 e. The van der Waals surface area contributed by atoms with Gasteiger partial charge >= 0.3 is 11.9 Å². The number of rotatable bonds is 2. The van der Waals surface area contributed by atoms with Crippen LogP contribution in [0.15, 0.2) is 0 Å². The Labute approximate surface area is 82.3 Å². The van der Waals surface area contributed by atoms with Crippen molar-refractivity contribution in [2.45, 2.75) is 39.1 Å². The molecule has 5 nitrogen and oxygen atoms in total. The van der Waals surface area contributed by atoms with Crippen molar-refractivity contribution in [1.29, 1.82) is 0 Å². The third-order valence-electron chi connectivity index (χ3n) is 1.82. The highest BCUT2D eigenvalue weighted by Gasteiger charge is 2.30. The summed E-state index contributed by atoms with van der Waals surface area (Å²) in [6.45, 7) is 3.14. The summed E-state index contributed by atoms with van der Waals surface area (Å²) < 4.78 is 15.0. The Balaban J connectivity index is 2.49. The summed E-state index contributed by atoms with van der Waals surface area (Å²) in [6.07, 6.45) is 0.253. The van der Waals surface area contributed by atoms with Gasteiger partial charge in [-0.3, -0.25) is 9.59 Å². The van der Waals surface area contributed by atoms with Crippen LogP contribution in [-0.2, 0) is 23.8 Å². The van der Waals surface area contributed by atoms with Crippen molar-refractivity contribution in [2.75, 3.05) is 6.61 Å². The molecule has 2 atom stereocenters. The Bertz CT molecular complexity index is 201. The minimum atomic E-state index is -0.745. The third-order valence-corrected chi connectivity index (χ3v) is 1.82. The van der Waals surface area contributed by atoms with E-state index in [0.717, 1.165) is 6.42 Å². The standard InChI is InChI=1S/C9H14O5/c1-6(10)13-8-4-3-5-12-9(8)14-7(2)11/h8-9H,3-5H2,1-2H3. The van der Waals surface area contributed by atoms with Crippen LogP contribution >= 0.6 is 0 Å². The lowest BCUT2D eigenvalue weighted by molar-refractivity contribution is -0.223. The second-order valence-corrected chi connectivity index (χ2v) is 3.14. The second-order valence-electron chi connectivity index (χ2n) is 3.14. The molecule has 1 aliphatic rings. The van der Waals surface area contributed by atoms with Gasteiger partial charge in [-0.25, -0.2) is 0 Å². The lowest BCUT2D eigenvalue weighted by Gasteiger charge is -2.29. The highest BCUT2D eigenvalue weighted by Crippen LogP contribution is 2.18. The van der Waals surface area contributed by atoms with Crippen LogP contribution in [0.1, 0.15) is 26.7 Å². The van der Waals surface area contributed by atoms with E-state index in [9.17, 15) is 9.59 Å². The van der Waals surface area contributed by atoms with Crippen LogP contribution in [0.5, 0.6) is 0 Å². The molecule has 2 unspecified atom stereocenters. The molecular weight excluding hydrogens is 188 g/mol. The molecule has 0 aromatic heterocycles. The van der Waals surface area contributed by atoms with Crippen molar-refractivity contribution in [2.24, 2.45) is 0 Å². The second kappa shape index (κ2) is 4.95. The van der Waals surface area contributed by atoms with Crippen LogP contribution in [-0.4, -0.2) is 30.9 Å². The SMILES string of the molecule is CC(=O)OC1CCCOC1OC(C)=O. The van der Waals surface area contributed by atoms with E-state index >= 15 is 0 Å². The fourth-order valence-corrected chi connectivity index (χ4v) is 1.33. The number of esters is 2. The Kier molecular flexibility index (Phi) is 3.88. The maximum Gasteiger partial charge on any atom is 0.305 e. The first-order valence-corrected chi connectivity index (χ1v) is 4.55. The Morgan fingerprint density at radius 1 is 1.21 bits per heavy atom. The zero-order valence-corrected chi connectivity index (χ0v) is 8.32. The summed E-state index contributed by atoms with van der Waals surface area (Å²) >= 11 is 0. The van der Waals surface area contributed by atoms with Crippen LogP contribution in [0.2, 0.25) is 0 Å². The Hall–Kier alpha value is -1.10. The zero-order valence-electron chi connectivity index (χ0n) is 8.32. The topological polar surface area (TPSA) is 61.8 Å². The van der Waals surface area contributed by atoms with E-state index in [2.05, 4.69) is 0 Å². The van der Waals surface area contributed by atoms with E-state index in [1.54, 1.807) is 0 Å². The smallest absolute Gasteiger partial charge is 0.305 e. The van der Waals surface area contributed by atoms with Gasteiger partial charge in [0.05, 0.1) is 6.61 Å². The average Bonchev–Trinajstić information content (AvgIpc) is 2.06. The van der Waals surface area contributed by atoms with Gasteiger partial charge in [0.2, 0.25) is 6.29 Å². The van der Waals surface area contributed by atoms with Gasteiger partial charge in [-0.05, 0) is 12.8 Å². The van der Waals surface area contributed by atoms with Crippen molar-refractivity contribution in [3.63, 3.8) is 0 Å². The van der Waals surface area contributed by atoms with Gasteiger partial charge in [-0.2, -0.15) is 0 Å². The molecule has 0 aromatic rings. The Morgan fingerprint density at radius 3 is 2.43 bits per heavy atom. The summed E-state index contributed by atoms with van der Waals surface area (Å²) in [6, 6.07) is 0. The molecule has 0 radical (unpaired) electrons. The molecule has 1 rings (SSSR count). The molecule has 1 heterocycles. The van der Waals surface area contributed by atoms with Gasteiger partial charge in [0.1, 0.15) is 0 Å². The highest BCUT2D eigenvalue weighted by molar-refractivity contribution is 5.67. The molecule has 14 heavy (non-hydrogen) atoms. The van der Waals surface area contributed by atoms with E-state index < -0.39 is 24.3 Å². The molecule has 1 saturated heterocycles. The minimum Gasteiger partial charge on any atom is -0.456 e. The molecule has 0 spiro atoms. The predicted molar refractivity (Wildman–Crippen MR) is 46.3 cm³/mol. The van der Waals surface area contributed by atoms with Crippen molar-refractivity contribution < 1.29 is 23.8 Å². The number of hydrogen-bond acceptors (Lipinski definition) is 5. The zero-order chi connectivity index (χ0) is 10.6. The van der Waals surface area contributed by atoms with Crippen molar-refractivity contribution >= 4 is 11.9 Å². The number of ether oxygens (including phenoxy) is 3. The van der Waals surface area contributed by atoms with Crippen LogP contribution in [0.3, 0.4) is 0 Å². The maximum atomic E-state index is 10.7.